The van der Waals surface area contributed by atoms with E-state index in [1.54, 1.807) is 0 Å². The van der Waals surface area contributed by atoms with Crippen LogP contribution in [-0.2, 0) is 0 Å². The van der Waals surface area contributed by atoms with Gasteiger partial charge in [0.15, 0.2) is 34.9 Å². The van der Waals surface area contributed by atoms with Crippen molar-refractivity contribution >= 4 is 21.5 Å². The van der Waals surface area contributed by atoms with E-state index < -0.39 is 79.8 Å². The molecule has 0 bridgehead atoms. The van der Waals surface area contributed by atoms with Gasteiger partial charge in [0.25, 0.3) is 0 Å². The molecule has 5 aromatic carbocycles. The van der Waals surface area contributed by atoms with Crippen LogP contribution in [0.2, 0.25) is 0 Å². The lowest BCUT2D eigenvalue weighted by Gasteiger charge is -2.20. The second-order valence-electron chi connectivity index (χ2n) is 8.04. The first-order valence-electron chi connectivity index (χ1n) is 10.4. The van der Waals surface area contributed by atoms with Crippen LogP contribution >= 0.6 is 0 Å². The molecule has 0 saturated heterocycles. The van der Waals surface area contributed by atoms with Crippen molar-refractivity contribution < 1.29 is 44.3 Å². The van der Waals surface area contributed by atoms with Gasteiger partial charge in [-0.05, 0) is 40.6 Å². The number of hydrogen-bond acceptors (Lipinski definition) is 1. The molecule has 5 aromatic rings. The molecule has 0 spiro atoms. The summed E-state index contributed by atoms with van der Waals surface area (Å²) in [6.07, 6.45) is 0. The Morgan fingerprint density at radius 2 is 1.08 bits per heavy atom. The average Bonchev–Trinajstić information content (AvgIpc) is 2.86. The fourth-order valence-corrected chi connectivity index (χ4v) is 4.43. The molecule has 0 heterocycles. The fourth-order valence-electron chi connectivity index (χ4n) is 4.43. The largest absolute Gasteiger partial charge is 0.497 e. The van der Waals surface area contributed by atoms with Crippen LogP contribution < -0.4 is 4.74 Å². The van der Waals surface area contributed by atoms with E-state index in [1.165, 1.54) is 0 Å². The molecular weight excluding hydrogens is 511 g/mol. The van der Waals surface area contributed by atoms with E-state index >= 15 is 17.6 Å². The summed E-state index contributed by atoms with van der Waals surface area (Å²) in [5, 5.41) is -2.85. The second kappa shape index (κ2) is 8.72. The summed E-state index contributed by atoms with van der Waals surface area (Å²) in [6.45, 7) is 0. The normalized spacial score (nSPS) is 11.5. The molecule has 0 aliphatic carbocycles. The standard InChI is InChI=1S/C27H11F9O/c1-37-12-8-17(31)21(18(32)9-12)20-13-4-3-11(28)7-14(13)19(10-2-5-15(29)16(30)6-10)22-23(20)25(34)27(36)26(35)24(22)33/h2-9H,1H3. The lowest BCUT2D eigenvalue weighted by atomic mass is 9.85. The predicted octanol–water partition coefficient (Wildman–Crippen LogP) is 8.59. The number of ether oxygens (including phenoxy) is 1. The Hall–Kier alpha value is -4.21. The van der Waals surface area contributed by atoms with Crippen LogP contribution in [0.15, 0.2) is 48.5 Å². The van der Waals surface area contributed by atoms with E-state index in [0.717, 1.165) is 43.5 Å². The molecule has 0 aromatic heterocycles. The Morgan fingerprint density at radius 1 is 0.486 bits per heavy atom. The van der Waals surface area contributed by atoms with Crippen LogP contribution in [0.4, 0.5) is 39.5 Å². The molecule has 0 radical (unpaired) electrons. The molecule has 0 unspecified atom stereocenters. The van der Waals surface area contributed by atoms with Gasteiger partial charge in [0.2, 0.25) is 0 Å². The number of methoxy groups -OCH3 is 1. The molecule has 0 N–H and O–H groups in total. The second-order valence-corrected chi connectivity index (χ2v) is 8.04. The molecule has 0 aliphatic rings. The first-order valence-corrected chi connectivity index (χ1v) is 10.4. The highest BCUT2D eigenvalue weighted by Gasteiger charge is 2.30. The summed E-state index contributed by atoms with van der Waals surface area (Å²) < 4.78 is 137. The lowest BCUT2D eigenvalue weighted by Crippen LogP contribution is -2.04. The van der Waals surface area contributed by atoms with Crippen molar-refractivity contribution in [3.8, 4) is 28.0 Å². The summed E-state index contributed by atoms with van der Waals surface area (Å²) in [4.78, 5) is 0. The van der Waals surface area contributed by atoms with Crippen molar-refractivity contribution in [2.45, 2.75) is 0 Å². The van der Waals surface area contributed by atoms with E-state index in [9.17, 15) is 22.0 Å². The minimum Gasteiger partial charge on any atom is -0.497 e. The molecule has 188 valence electrons. The summed E-state index contributed by atoms with van der Waals surface area (Å²) >= 11 is 0. The van der Waals surface area contributed by atoms with Gasteiger partial charge >= 0.3 is 0 Å². The molecule has 0 amide bonds. The maximum Gasteiger partial charge on any atom is 0.198 e. The smallest absolute Gasteiger partial charge is 0.198 e. The molecule has 1 nitrogen and oxygen atoms in total. The first-order chi connectivity index (χ1) is 17.5. The minimum absolute atomic E-state index is 0.277. The molecule has 0 saturated carbocycles. The van der Waals surface area contributed by atoms with Gasteiger partial charge in [-0.15, -0.1) is 0 Å². The molecular formula is C27H11F9O. The van der Waals surface area contributed by atoms with Crippen LogP contribution in [0, 0.1) is 52.4 Å². The van der Waals surface area contributed by atoms with Gasteiger partial charge in [0, 0.05) is 34.0 Å². The summed E-state index contributed by atoms with van der Waals surface area (Å²) in [7, 11) is 1.12. The van der Waals surface area contributed by atoms with E-state index in [2.05, 4.69) is 0 Å². The van der Waals surface area contributed by atoms with Gasteiger partial charge in [0.05, 0.1) is 12.7 Å². The van der Waals surface area contributed by atoms with Gasteiger partial charge < -0.3 is 4.74 Å². The molecule has 0 aliphatic heterocycles. The Bertz CT molecular complexity index is 1740. The van der Waals surface area contributed by atoms with E-state index in [0.29, 0.717) is 12.1 Å². The van der Waals surface area contributed by atoms with Crippen LogP contribution in [0.1, 0.15) is 0 Å². The van der Waals surface area contributed by atoms with E-state index in [-0.39, 0.29) is 22.1 Å². The van der Waals surface area contributed by atoms with Gasteiger partial charge in [-0.2, -0.15) is 0 Å². The van der Waals surface area contributed by atoms with Gasteiger partial charge in [-0.25, -0.2) is 39.5 Å². The molecule has 10 heteroatoms. The van der Waals surface area contributed by atoms with Crippen molar-refractivity contribution in [1.29, 1.82) is 0 Å². The van der Waals surface area contributed by atoms with Crippen molar-refractivity contribution in [2.75, 3.05) is 7.11 Å². The highest BCUT2D eigenvalue weighted by Crippen LogP contribution is 2.48. The highest BCUT2D eigenvalue weighted by atomic mass is 19.2. The molecule has 37 heavy (non-hydrogen) atoms. The first kappa shape index (κ1) is 24.5. The zero-order valence-corrected chi connectivity index (χ0v) is 18.4. The minimum atomic E-state index is -2.28. The third-order valence-electron chi connectivity index (χ3n) is 6.00. The van der Waals surface area contributed by atoms with Crippen LogP contribution in [0.3, 0.4) is 0 Å². The third-order valence-corrected chi connectivity index (χ3v) is 6.00. The fraction of sp³-hybridized carbons (Fsp3) is 0.0370. The SMILES string of the molecule is COc1cc(F)c(-c2c3ccc(F)cc3c(-c3ccc(F)c(F)c3)c3c(F)c(F)c(F)c(F)c23)c(F)c1. The summed E-state index contributed by atoms with van der Waals surface area (Å²) in [5.74, 6) is -15.2. The van der Waals surface area contributed by atoms with Gasteiger partial charge in [-0.3, -0.25) is 0 Å². The van der Waals surface area contributed by atoms with Crippen LogP contribution in [-0.4, -0.2) is 7.11 Å². The average molecular weight is 522 g/mol. The highest BCUT2D eigenvalue weighted by molar-refractivity contribution is 6.21. The number of hydrogen-bond donors (Lipinski definition) is 0. The lowest BCUT2D eigenvalue weighted by molar-refractivity contribution is 0.407. The third kappa shape index (κ3) is 3.66. The van der Waals surface area contributed by atoms with Crippen LogP contribution in [0.25, 0.3) is 43.8 Å². The van der Waals surface area contributed by atoms with Crippen molar-refractivity contribution in [3.05, 3.63) is 101 Å². The zero-order valence-electron chi connectivity index (χ0n) is 18.4. The number of rotatable bonds is 3. The zero-order chi connectivity index (χ0) is 26.8. The predicted molar refractivity (Wildman–Crippen MR) is 119 cm³/mol. The van der Waals surface area contributed by atoms with Crippen molar-refractivity contribution in [2.24, 2.45) is 0 Å². The quantitative estimate of drug-likeness (QED) is 0.0998. The molecule has 5 rings (SSSR count). The Balaban J connectivity index is 2.13. The topological polar surface area (TPSA) is 9.23 Å². The maximum absolute atomic E-state index is 15.4. The maximum atomic E-state index is 15.4. The van der Waals surface area contributed by atoms with Crippen molar-refractivity contribution in [3.63, 3.8) is 0 Å². The van der Waals surface area contributed by atoms with E-state index in [4.69, 9.17) is 4.74 Å². The Morgan fingerprint density at radius 3 is 1.65 bits per heavy atom. The monoisotopic (exact) mass is 522 g/mol. The number of benzene rings is 5. The number of halogens is 9. The Kier molecular flexibility index (Phi) is 5.77. The molecule has 0 fully saturated rings. The Labute approximate surface area is 202 Å². The summed E-state index contributed by atoms with van der Waals surface area (Å²) in [5.41, 5.74) is -2.66. The number of fused-ring (bicyclic) bond motifs is 2. The van der Waals surface area contributed by atoms with Crippen LogP contribution in [0.5, 0.6) is 5.75 Å². The molecule has 0 atom stereocenters. The summed E-state index contributed by atoms with van der Waals surface area (Å²) in [6, 6.07) is 6.10. The van der Waals surface area contributed by atoms with Gasteiger partial charge in [-0.1, -0.05) is 12.1 Å². The van der Waals surface area contributed by atoms with Crippen molar-refractivity contribution in [1.82, 2.24) is 0 Å². The van der Waals surface area contributed by atoms with Gasteiger partial charge in [0.1, 0.15) is 23.2 Å². The van der Waals surface area contributed by atoms with E-state index in [1.807, 2.05) is 0 Å².